The molecule has 0 bridgehead atoms. The van der Waals surface area contributed by atoms with Crippen LogP contribution in [0.3, 0.4) is 0 Å². The Morgan fingerprint density at radius 1 is 1.04 bits per heavy atom. The predicted molar refractivity (Wildman–Crippen MR) is 102 cm³/mol. The molecule has 5 nitrogen and oxygen atoms in total. The molecule has 2 N–H and O–H groups in total. The highest BCUT2D eigenvalue weighted by Gasteiger charge is 2.28. The van der Waals surface area contributed by atoms with Crippen LogP contribution in [0.1, 0.15) is 25.7 Å². The highest BCUT2D eigenvalue weighted by Crippen LogP contribution is 2.33. The fourth-order valence-electron chi connectivity index (χ4n) is 2.47. The number of halogens is 1. The predicted octanol–water partition coefficient (Wildman–Crippen LogP) is 4.38. The summed E-state index contributed by atoms with van der Waals surface area (Å²) >= 11 is 6.12. The molecule has 0 aliphatic heterocycles. The van der Waals surface area contributed by atoms with Gasteiger partial charge in [0.25, 0.3) is 0 Å². The number of benzene rings is 2. The van der Waals surface area contributed by atoms with Crippen LogP contribution in [0.15, 0.2) is 48.5 Å². The number of anilines is 1. The van der Waals surface area contributed by atoms with Crippen LogP contribution in [0, 0.1) is 5.92 Å². The lowest BCUT2D eigenvalue weighted by Crippen LogP contribution is -2.26. The zero-order valence-corrected chi connectivity index (χ0v) is 15.1. The lowest BCUT2D eigenvalue weighted by molar-refractivity contribution is -0.122. The standard InChI is InChI=1S/C20H21ClN2O3/c21-15-6-1-3-8-17(15)26-18-9-4-2-7-16(18)23-19(24)10-5-13-22-20(25)14-11-12-14/h1-4,6-9,14H,5,10-13H2,(H,22,25)(H,23,24). The van der Waals surface area contributed by atoms with Gasteiger partial charge in [0.15, 0.2) is 5.75 Å². The summed E-state index contributed by atoms with van der Waals surface area (Å²) in [5, 5.41) is 6.21. The number of para-hydroxylation sites is 3. The number of amides is 2. The van der Waals surface area contributed by atoms with Crippen molar-refractivity contribution in [2.24, 2.45) is 5.92 Å². The Morgan fingerprint density at radius 3 is 2.46 bits per heavy atom. The Hall–Kier alpha value is -2.53. The molecule has 0 radical (unpaired) electrons. The minimum absolute atomic E-state index is 0.101. The van der Waals surface area contributed by atoms with Gasteiger partial charge in [-0.05, 0) is 43.5 Å². The Bertz CT molecular complexity index is 790. The Balaban J connectivity index is 1.51. The van der Waals surface area contributed by atoms with Crippen molar-refractivity contribution in [3.63, 3.8) is 0 Å². The van der Waals surface area contributed by atoms with Gasteiger partial charge in [0, 0.05) is 18.9 Å². The van der Waals surface area contributed by atoms with Crippen molar-refractivity contribution in [2.45, 2.75) is 25.7 Å². The average molecular weight is 373 g/mol. The van der Waals surface area contributed by atoms with E-state index in [2.05, 4.69) is 10.6 Å². The van der Waals surface area contributed by atoms with Gasteiger partial charge in [-0.15, -0.1) is 0 Å². The maximum absolute atomic E-state index is 12.2. The molecule has 0 heterocycles. The van der Waals surface area contributed by atoms with Crippen LogP contribution in [-0.4, -0.2) is 18.4 Å². The van der Waals surface area contributed by atoms with E-state index in [1.807, 2.05) is 24.3 Å². The van der Waals surface area contributed by atoms with Gasteiger partial charge in [0.05, 0.1) is 10.7 Å². The number of ether oxygens (including phenoxy) is 1. The Kier molecular flexibility index (Phi) is 6.12. The number of carbonyl (C=O) groups excluding carboxylic acids is 2. The second-order valence-corrected chi connectivity index (χ2v) is 6.65. The van der Waals surface area contributed by atoms with E-state index in [4.69, 9.17) is 16.3 Å². The second kappa shape index (κ2) is 8.72. The molecule has 1 aliphatic carbocycles. The smallest absolute Gasteiger partial charge is 0.224 e. The summed E-state index contributed by atoms with van der Waals surface area (Å²) in [6, 6.07) is 14.4. The van der Waals surface area contributed by atoms with E-state index < -0.39 is 0 Å². The van der Waals surface area contributed by atoms with Crippen LogP contribution in [0.2, 0.25) is 5.02 Å². The summed E-state index contributed by atoms with van der Waals surface area (Å²) in [5.41, 5.74) is 0.583. The summed E-state index contributed by atoms with van der Waals surface area (Å²) in [6.07, 6.45) is 2.88. The van der Waals surface area contributed by atoms with Crippen molar-refractivity contribution in [3.05, 3.63) is 53.6 Å². The largest absolute Gasteiger partial charge is 0.454 e. The monoisotopic (exact) mass is 372 g/mol. The zero-order valence-electron chi connectivity index (χ0n) is 14.3. The molecular weight excluding hydrogens is 352 g/mol. The van der Waals surface area contributed by atoms with Gasteiger partial charge in [0.2, 0.25) is 11.8 Å². The molecule has 2 aromatic carbocycles. The van der Waals surface area contributed by atoms with E-state index in [0.717, 1.165) is 12.8 Å². The molecule has 2 aromatic rings. The molecule has 1 saturated carbocycles. The fourth-order valence-corrected chi connectivity index (χ4v) is 2.64. The second-order valence-electron chi connectivity index (χ2n) is 6.25. The minimum Gasteiger partial charge on any atom is -0.454 e. The first-order chi connectivity index (χ1) is 12.6. The van der Waals surface area contributed by atoms with Crippen molar-refractivity contribution >= 4 is 29.1 Å². The summed E-state index contributed by atoms with van der Waals surface area (Å²) < 4.78 is 5.83. The zero-order chi connectivity index (χ0) is 18.4. The third kappa shape index (κ3) is 5.23. The number of hydrogen-bond donors (Lipinski definition) is 2. The van der Waals surface area contributed by atoms with Gasteiger partial charge in [0.1, 0.15) is 5.75 Å². The molecule has 0 aromatic heterocycles. The molecule has 6 heteroatoms. The SMILES string of the molecule is O=C(CCCNC(=O)C1CC1)Nc1ccccc1Oc1ccccc1Cl. The Morgan fingerprint density at radius 2 is 1.73 bits per heavy atom. The molecule has 1 fully saturated rings. The van der Waals surface area contributed by atoms with Crippen LogP contribution >= 0.6 is 11.6 Å². The first-order valence-electron chi connectivity index (χ1n) is 8.72. The van der Waals surface area contributed by atoms with Crippen LogP contribution in [0.5, 0.6) is 11.5 Å². The average Bonchev–Trinajstić information content (AvgIpc) is 3.47. The van der Waals surface area contributed by atoms with Crippen LogP contribution in [0.4, 0.5) is 5.69 Å². The third-order valence-electron chi connectivity index (χ3n) is 4.05. The lowest BCUT2D eigenvalue weighted by Gasteiger charge is -2.13. The molecule has 0 spiro atoms. The third-order valence-corrected chi connectivity index (χ3v) is 4.36. The fraction of sp³-hybridized carbons (Fsp3) is 0.300. The Labute approximate surface area is 157 Å². The highest BCUT2D eigenvalue weighted by atomic mass is 35.5. The molecule has 136 valence electrons. The summed E-state index contributed by atoms with van der Waals surface area (Å²) in [6.45, 7) is 0.514. The summed E-state index contributed by atoms with van der Waals surface area (Å²) in [7, 11) is 0. The van der Waals surface area contributed by atoms with E-state index in [9.17, 15) is 9.59 Å². The van der Waals surface area contributed by atoms with Crippen molar-refractivity contribution in [1.82, 2.24) is 5.32 Å². The van der Waals surface area contributed by atoms with Crippen LogP contribution < -0.4 is 15.4 Å². The first-order valence-corrected chi connectivity index (χ1v) is 9.10. The van der Waals surface area contributed by atoms with Crippen LogP contribution in [0.25, 0.3) is 0 Å². The molecule has 2 amide bonds. The van der Waals surface area contributed by atoms with Crippen molar-refractivity contribution in [2.75, 3.05) is 11.9 Å². The quantitative estimate of drug-likeness (QED) is 0.676. The lowest BCUT2D eigenvalue weighted by atomic mass is 10.2. The van der Waals surface area contributed by atoms with E-state index in [1.54, 1.807) is 24.3 Å². The number of nitrogens with one attached hydrogen (secondary N) is 2. The molecule has 3 rings (SSSR count). The minimum atomic E-state index is -0.124. The maximum atomic E-state index is 12.2. The molecule has 0 saturated heterocycles. The highest BCUT2D eigenvalue weighted by molar-refractivity contribution is 6.32. The van der Waals surface area contributed by atoms with Gasteiger partial charge in [-0.3, -0.25) is 9.59 Å². The van der Waals surface area contributed by atoms with E-state index >= 15 is 0 Å². The van der Waals surface area contributed by atoms with Gasteiger partial charge in [-0.25, -0.2) is 0 Å². The van der Waals surface area contributed by atoms with E-state index in [-0.39, 0.29) is 17.7 Å². The molecule has 0 atom stereocenters. The summed E-state index contributed by atoms with van der Waals surface area (Å²) in [5.74, 6) is 1.22. The van der Waals surface area contributed by atoms with Gasteiger partial charge in [-0.2, -0.15) is 0 Å². The summed E-state index contributed by atoms with van der Waals surface area (Å²) in [4.78, 5) is 23.7. The normalized spacial score (nSPS) is 13.1. The first kappa shape index (κ1) is 18.3. The molecular formula is C20H21ClN2O3. The maximum Gasteiger partial charge on any atom is 0.224 e. The van der Waals surface area contributed by atoms with E-state index in [0.29, 0.717) is 41.6 Å². The van der Waals surface area contributed by atoms with Gasteiger partial charge in [-0.1, -0.05) is 35.9 Å². The number of rotatable bonds is 8. The van der Waals surface area contributed by atoms with Gasteiger partial charge >= 0.3 is 0 Å². The van der Waals surface area contributed by atoms with Crippen molar-refractivity contribution in [3.8, 4) is 11.5 Å². The molecule has 1 aliphatic rings. The van der Waals surface area contributed by atoms with E-state index in [1.165, 1.54) is 0 Å². The van der Waals surface area contributed by atoms with Crippen LogP contribution in [-0.2, 0) is 9.59 Å². The van der Waals surface area contributed by atoms with Gasteiger partial charge < -0.3 is 15.4 Å². The molecule has 26 heavy (non-hydrogen) atoms. The topological polar surface area (TPSA) is 67.4 Å². The number of hydrogen-bond acceptors (Lipinski definition) is 3. The number of carbonyl (C=O) groups is 2. The van der Waals surface area contributed by atoms with Crippen molar-refractivity contribution < 1.29 is 14.3 Å². The molecule has 0 unspecified atom stereocenters. The van der Waals surface area contributed by atoms with Crippen molar-refractivity contribution in [1.29, 1.82) is 0 Å².